The Labute approximate surface area is 168 Å². The Morgan fingerprint density at radius 1 is 1.21 bits per heavy atom. The Hall–Kier alpha value is -1.96. The smallest absolute Gasteiger partial charge is 0.251 e. The summed E-state index contributed by atoms with van der Waals surface area (Å²) in [6.45, 7) is 8.33. The van der Waals surface area contributed by atoms with Crippen LogP contribution in [0.3, 0.4) is 0 Å². The lowest BCUT2D eigenvalue weighted by Crippen LogP contribution is -2.61. The van der Waals surface area contributed by atoms with Crippen LogP contribution in [0.4, 0.5) is 0 Å². The van der Waals surface area contributed by atoms with Crippen LogP contribution in [0.5, 0.6) is 0 Å². The third-order valence-corrected chi connectivity index (χ3v) is 6.10. The number of hydrogen-bond donors (Lipinski definition) is 3. The van der Waals surface area contributed by atoms with Gasteiger partial charge in [-0.3, -0.25) is 14.8 Å². The van der Waals surface area contributed by atoms with Gasteiger partial charge in [0.15, 0.2) is 0 Å². The van der Waals surface area contributed by atoms with Crippen LogP contribution in [0.25, 0.3) is 0 Å². The first-order valence-electron chi connectivity index (χ1n) is 9.43. The minimum Gasteiger partial charge on any atom is -0.388 e. The third kappa shape index (κ3) is 4.21. The highest BCUT2D eigenvalue weighted by Crippen LogP contribution is 2.44. The summed E-state index contributed by atoms with van der Waals surface area (Å²) in [6, 6.07) is 9.79. The van der Waals surface area contributed by atoms with Gasteiger partial charge < -0.3 is 15.0 Å². The van der Waals surface area contributed by atoms with Crippen LogP contribution in [0.2, 0.25) is 0 Å². The Kier molecular flexibility index (Phi) is 8.16. The van der Waals surface area contributed by atoms with Crippen LogP contribution in [-0.4, -0.2) is 61.8 Å². The molecule has 158 valence electrons. The summed E-state index contributed by atoms with van der Waals surface area (Å²) < 4.78 is 4.25. The fourth-order valence-corrected chi connectivity index (χ4v) is 3.65. The number of carbonyl (C=O) groups is 2. The summed E-state index contributed by atoms with van der Waals surface area (Å²) in [5.41, 5.74) is 0.364. The van der Waals surface area contributed by atoms with Gasteiger partial charge in [0.2, 0.25) is 5.91 Å². The maximum atomic E-state index is 13.5. The van der Waals surface area contributed by atoms with Gasteiger partial charge in [0, 0.05) is 27.3 Å². The molecule has 7 heteroatoms. The van der Waals surface area contributed by atoms with E-state index >= 15 is 0 Å². The second-order valence-electron chi connectivity index (χ2n) is 8.22. The molecule has 0 radical (unpaired) electrons. The Bertz CT molecular complexity index is 661. The average Bonchev–Trinajstić information content (AvgIpc) is 3.00. The van der Waals surface area contributed by atoms with Gasteiger partial charge >= 0.3 is 0 Å². The molecule has 1 aliphatic rings. The number of benzene rings is 1. The molecule has 1 unspecified atom stereocenters. The lowest BCUT2D eigenvalue weighted by molar-refractivity contribution is -0.152. The number of hydroxylamine groups is 1. The zero-order valence-electron chi connectivity index (χ0n) is 18.1. The van der Waals surface area contributed by atoms with Crippen molar-refractivity contribution in [1.29, 1.82) is 0 Å². The SMILES string of the molecule is CNCC1(c2ccccc2)CCN(C(C)(C)C(C)(C)C(=O)NO)C1=O.COC. The van der Waals surface area contributed by atoms with Gasteiger partial charge in [0.1, 0.15) is 0 Å². The molecular weight excluding hydrogens is 358 g/mol. The van der Waals surface area contributed by atoms with Crippen LogP contribution in [0, 0.1) is 5.41 Å². The molecule has 2 amide bonds. The summed E-state index contributed by atoms with van der Waals surface area (Å²) >= 11 is 0. The van der Waals surface area contributed by atoms with Gasteiger partial charge in [-0.1, -0.05) is 30.3 Å². The lowest BCUT2D eigenvalue weighted by atomic mass is 9.72. The number of nitrogens with zero attached hydrogens (tertiary/aromatic N) is 1. The Balaban J connectivity index is 0.00000122. The molecule has 1 aliphatic heterocycles. The zero-order valence-corrected chi connectivity index (χ0v) is 18.1. The molecule has 0 aromatic heterocycles. The van der Waals surface area contributed by atoms with E-state index in [0.717, 1.165) is 5.56 Å². The number of amides is 2. The fourth-order valence-electron chi connectivity index (χ4n) is 3.65. The summed E-state index contributed by atoms with van der Waals surface area (Å²) in [5, 5.41) is 12.3. The second kappa shape index (κ2) is 9.49. The minimum atomic E-state index is -0.955. The maximum Gasteiger partial charge on any atom is 0.251 e. The molecule has 0 saturated carbocycles. The largest absolute Gasteiger partial charge is 0.388 e. The lowest BCUT2D eigenvalue weighted by Gasteiger charge is -2.47. The molecule has 28 heavy (non-hydrogen) atoms. The highest BCUT2D eigenvalue weighted by molar-refractivity contribution is 5.92. The highest BCUT2D eigenvalue weighted by atomic mass is 16.5. The number of hydrogen-bond acceptors (Lipinski definition) is 5. The molecule has 1 atom stereocenters. The van der Waals surface area contributed by atoms with Crippen LogP contribution in [-0.2, 0) is 19.7 Å². The predicted molar refractivity (Wildman–Crippen MR) is 109 cm³/mol. The van der Waals surface area contributed by atoms with Crippen LogP contribution in [0.1, 0.15) is 39.7 Å². The normalized spacial score (nSPS) is 19.9. The maximum absolute atomic E-state index is 13.5. The van der Waals surface area contributed by atoms with Crippen molar-refractivity contribution in [2.45, 2.75) is 45.1 Å². The molecule has 0 bridgehead atoms. The number of rotatable bonds is 6. The van der Waals surface area contributed by atoms with Crippen molar-refractivity contribution in [2.75, 3.05) is 34.4 Å². The van der Waals surface area contributed by atoms with Gasteiger partial charge in [-0.15, -0.1) is 0 Å². The van der Waals surface area contributed by atoms with Crippen molar-refractivity contribution in [3.05, 3.63) is 35.9 Å². The van der Waals surface area contributed by atoms with Gasteiger partial charge in [-0.25, -0.2) is 5.48 Å². The number of carbonyl (C=O) groups excluding carboxylic acids is 2. The number of likely N-dealkylation sites (N-methyl/N-ethyl adjacent to an activating group) is 1. The molecule has 1 fully saturated rings. The molecule has 1 aromatic rings. The molecular formula is C21H35N3O4. The van der Waals surface area contributed by atoms with Gasteiger partial charge in [-0.2, -0.15) is 0 Å². The number of ether oxygens (including phenoxy) is 1. The van der Waals surface area contributed by atoms with Gasteiger partial charge in [0.05, 0.1) is 16.4 Å². The van der Waals surface area contributed by atoms with E-state index in [0.29, 0.717) is 19.5 Å². The molecule has 7 nitrogen and oxygen atoms in total. The quantitative estimate of drug-likeness (QED) is 0.508. The number of likely N-dealkylation sites (tertiary alicyclic amines) is 1. The van der Waals surface area contributed by atoms with Crippen LogP contribution < -0.4 is 10.8 Å². The van der Waals surface area contributed by atoms with E-state index in [4.69, 9.17) is 5.21 Å². The highest BCUT2D eigenvalue weighted by Gasteiger charge is 2.56. The van der Waals surface area contributed by atoms with Crippen molar-refractivity contribution < 1.29 is 19.5 Å². The van der Waals surface area contributed by atoms with Crippen molar-refractivity contribution in [3.8, 4) is 0 Å². The molecule has 2 rings (SSSR count). The monoisotopic (exact) mass is 393 g/mol. The zero-order chi connectivity index (χ0) is 21.6. The van der Waals surface area contributed by atoms with E-state index in [1.165, 1.54) is 0 Å². The van der Waals surface area contributed by atoms with Crippen LogP contribution >= 0.6 is 0 Å². The van der Waals surface area contributed by atoms with Crippen molar-refractivity contribution in [3.63, 3.8) is 0 Å². The number of methoxy groups -OCH3 is 1. The first kappa shape index (κ1) is 24.1. The van der Waals surface area contributed by atoms with Crippen molar-refractivity contribution in [1.82, 2.24) is 15.7 Å². The van der Waals surface area contributed by atoms with E-state index in [2.05, 4.69) is 10.1 Å². The van der Waals surface area contributed by atoms with E-state index in [1.807, 2.05) is 51.2 Å². The summed E-state index contributed by atoms with van der Waals surface area (Å²) in [7, 11) is 5.09. The average molecular weight is 394 g/mol. The number of nitrogens with one attached hydrogen (secondary N) is 2. The topological polar surface area (TPSA) is 90.9 Å². The molecule has 3 N–H and O–H groups in total. The molecule has 1 saturated heterocycles. The van der Waals surface area contributed by atoms with E-state index in [1.54, 1.807) is 38.4 Å². The van der Waals surface area contributed by atoms with Gasteiger partial charge in [0.25, 0.3) is 5.91 Å². The summed E-state index contributed by atoms with van der Waals surface area (Å²) in [6.07, 6.45) is 0.678. The first-order chi connectivity index (χ1) is 13.1. The summed E-state index contributed by atoms with van der Waals surface area (Å²) in [4.78, 5) is 27.5. The molecule has 1 heterocycles. The van der Waals surface area contributed by atoms with Crippen molar-refractivity contribution in [2.24, 2.45) is 5.41 Å². The first-order valence-corrected chi connectivity index (χ1v) is 9.43. The Morgan fingerprint density at radius 3 is 2.21 bits per heavy atom. The third-order valence-electron chi connectivity index (χ3n) is 6.10. The second-order valence-corrected chi connectivity index (χ2v) is 8.22. The molecule has 0 aliphatic carbocycles. The Morgan fingerprint density at radius 2 is 1.75 bits per heavy atom. The standard InChI is InChI=1S/C19H29N3O3.C2H6O/c1-17(2,15(23)21-25)18(3,4)22-12-11-19(13-20-5,16(22)24)14-9-7-6-8-10-14;1-3-2/h6-10,20,25H,11-13H2,1-5H3,(H,21,23);1-2H3. The van der Waals surface area contributed by atoms with E-state index in [9.17, 15) is 9.59 Å². The van der Waals surface area contributed by atoms with E-state index < -0.39 is 22.3 Å². The summed E-state index contributed by atoms with van der Waals surface area (Å²) in [5.74, 6) is -0.493. The van der Waals surface area contributed by atoms with Crippen molar-refractivity contribution >= 4 is 11.8 Å². The minimum absolute atomic E-state index is 0.0110. The molecule has 0 spiro atoms. The van der Waals surface area contributed by atoms with Crippen LogP contribution in [0.15, 0.2) is 30.3 Å². The van der Waals surface area contributed by atoms with Gasteiger partial charge in [-0.05, 0) is 46.7 Å². The molecule has 1 aromatic carbocycles. The van der Waals surface area contributed by atoms with E-state index in [-0.39, 0.29) is 5.91 Å². The predicted octanol–water partition coefficient (Wildman–Crippen LogP) is 1.95. The fraction of sp³-hybridized carbons (Fsp3) is 0.619.